The number of rotatable bonds is 9. The highest BCUT2D eigenvalue weighted by Crippen LogP contribution is 2.34. The molecule has 3 aromatic rings. The Hall–Kier alpha value is -3.93. The predicted octanol–water partition coefficient (Wildman–Crippen LogP) is 5.15. The molecule has 202 valence electrons. The molecule has 1 saturated heterocycles. The van der Waals surface area contributed by atoms with Gasteiger partial charge >= 0.3 is 5.97 Å². The van der Waals surface area contributed by atoms with E-state index in [4.69, 9.17) is 25.8 Å². The molecule has 0 radical (unpaired) electrons. The zero-order valence-corrected chi connectivity index (χ0v) is 22.6. The van der Waals surface area contributed by atoms with E-state index in [-0.39, 0.29) is 18.3 Å². The van der Waals surface area contributed by atoms with Gasteiger partial charge in [-0.25, -0.2) is 4.79 Å². The van der Waals surface area contributed by atoms with Crippen molar-refractivity contribution in [2.24, 2.45) is 0 Å². The van der Waals surface area contributed by atoms with Crippen molar-refractivity contribution in [3.05, 3.63) is 86.8 Å². The molecule has 2 unspecified atom stereocenters. The van der Waals surface area contributed by atoms with Crippen LogP contribution in [0.2, 0.25) is 5.02 Å². The lowest BCUT2D eigenvalue weighted by Gasteiger charge is -2.28. The molecule has 39 heavy (non-hydrogen) atoms. The van der Waals surface area contributed by atoms with E-state index in [1.54, 1.807) is 42.5 Å². The fraction of sp³-hybridized carbons (Fsp3) is 0.333. The highest BCUT2D eigenvalue weighted by Gasteiger charge is 2.28. The van der Waals surface area contributed by atoms with Crippen LogP contribution in [0, 0.1) is 11.3 Å². The number of esters is 1. The summed E-state index contributed by atoms with van der Waals surface area (Å²) in [7, 11) is 2.77. The number of nitriles is 1. The zero-order chi connectivity index (χ0) is 27.9. The minimum Gasteiger partial charge on any atom is -0.495 e. The maximum absolute atomic E-state index is 13.7. The minimum atomic E-state index is -0.807. The second-order valence-corrected chi connectivity index (χ2v) is 9.81. The number of aromatic nitrogens is 1. The van der Waals surface area contributed by atoms with Gasteiger partial charge in [-0.2, -0.15) is 5.26 Å². The van der Waals surface area contributed by atoms with Crippen molar-refractivity contribution in [1.82, 2.24) is 4.57 Å². The Morgan fingerprint density at radius 1 is 1.13 bits per heavy atom. The summed E-state index contributed by atoms with van der Waals surface area (Å²) >= 11 is 6.19. The third-order valence-corrected chi connectivity index (χ3v) is 7.11. The lowest BCUT2D eigenvalue weighted by Crippen LogP contribution is -2.34. The van der Waals surface area contributed by atoms with Crippen molar-refractivity contribution in [3.63, 3.8) is 0 Å². The molecule has 0 spiro atoms. The first-order chi connectivity index (χ1) is 18.8. The van der Waals surface area contributed by atoms with E-state index in [1.807, 2.05) is 0 Å². The number of methoxy groups -OCH3 is 2. The number of hydrogen-bond acceptors (Lipinski definition) is 7. The van der Waals surface area contributed by atoms with Crippen LogP contribution in [0.15, 0.2) is 59.5 Å². The Bertz CT molecular complexity index is 1450. The Morgan fingerprint density at radius 2 is 1.90 bits per heavy atom. The van der Waals surface area contributed by atoms with Gasteiger partial charge in [-0.3, -0.25) is 9.59 Å². The lowest BCUT2D eigenvalue weighted by molar-refractivity contribution is -0.123. The number of pyridine rings is 1. The molecular formula is C30H29ClN2O6. The van der Waals surface area contributed by atoms with Crippen molar-refractivity contribution in [3.8, 4) is 22.9 Å². The topological polar surface area (TPSA) is 108 Å². The molecule has 0 N–H and O–H groups in total. The van der Waals surface area contributed by atoms with Gasteiger partial charge in [-0.1, -0.05) is 23.7 Å². The van der Waals surface area contributed by atoms with Gasteiger partial charge < -0.3 is 18.8 Å². The van der Waals surface area contributed by atoms with E-state index in [0.29, 0.717) is 51.6 Å². The van der Waals surface area contributed by atoms with E-state index in [2.05, 4.69) is 6.07 Å². The average molecular weight is 549 g/mol. The largest absolute Gasteiger partial charge is 0.495 e. The predicted molar refractivity (Wildman–Crippen MR) is 146 cm³/mol. The second kappa shape index (κ2) is 12.7. The molecule has 2 aromatic carbocycles. The fourth-order valence-corrected chi connectivity index (χ4v) is 4.99. The number of ketones is 1. The third kappa shape index (κ3) is 6.56. The number of benzene rings is 2. The Labute approximate surface area is 231 Å². The number of carbonyl (C=O) groups excluding carboxylic acids is 2. The Morgan fingerprint density at radius 3 is 2.54 bits per heavy atom. The van der Waals surface area contributed by atoms with Crippen LogP contribution in [0.25, 0.3) is 11.1 Å². The van der Waals surface area contributed by atoms with Crippen molar-refractivity contribution in [1.29, 1.82) is 5.26 Å². The first-order valence-electron chi connectivity index (χ1n) is 12.7. The van der Waals surface area contributed by atoms with Crippen LogP contribution in [-0.4, -0.2) is 43.3 Å². The van der Waals surface area contributed by atoms with Gasteiger partial charge in [0, 0.05) is 41.7 Å². The second-order valence-electron chi connectivity index (χ2n) is 9.37. The van der Waals surface area contributed by atoms with Crippen LogP contribution >= 0.6 is 11.6 Å². The number of carbonyl (C=O) groups is 2. The van der Waals surface area contributed by atoms with Crippen molar-refractivity contribution < 1.29 is 23.8 Å². The summed E-state index contributed by atoms with van der Waals surface area (Å²) in [6.07, 6.45) is 4.50. The number of nitrogens with zero attached hydrogens (tertiary/aromatic N) is 2. The van der Waals surface area contributed by atoms with Gasteiger partial charge in [0.15, 0.2) is 5.78 Å². The van der Waals surface area contributed by atoms with Gasteiger partial charge in [0.25, 0.3) is 5.56 Å². The summed E-state index contributed by atoms with van der Waals surface area (Å²) in [4.78, 5) is 39.0. The van der Waals surface area contributed by atoms with Crippen LogP contribution in [-0.2, 0) is 20.7 Å². The normalized spacial score (nSPS) is 15.7. The number of Topliss-reactive ketones (excluding diaryl/α,β-unsaturated/α-hetero) is 1. The maximum Gasteiger partial charge on any atom is 0.337 e. The molecule has 1 aromatic heterocycles. The standard InChI is InChI=1S/C30H29ClN2O6/c1-37-28-18-33(29(35)16-25(28)24-14-22(31)11-10-21(24)17-32)26(15-23-5-3-4-12-39-23)27(34)13-19-6-8-20(9-7-19)30(36)38-2/h6-11,14,16,18,23,26H,3-5,12-13,15H2,1-2H3. The van der Waals surface area contributed by atoms with E-state index >= 15 is 0 Å². The highest BCUT2D eigenvalue weighted by atomic mass is 35.5. The van der Waals surface area contributed by atoms with Gasteiger partial charge in [0.2, 0.25) is 0 Å². The summed E-state index contributed by atoms with van der Waals surface area (Å²) in [6, 6.07) is 14.1. The van der Waals surface area contributed by atoms with Crippen LogP contribution < -0.4 is 10.3 Å². The molecule has 8 nitrogen and oxygen atoms in total. The minimum absolute atomic E-state index is 0.0578. The number of halogens is 1. The molecule has 2 heterocycles. The first-order valence-corrected chi connectivity index (χ1v) is 13.0. The van der Waals surface area contributed by atoms with E-state index in [1.165, 1.54) is 31.0 Å². The van der Waals surface area contributed by atoms with Gasteiger partial charge in [-0.15, -0.1) is 0 Å². The van der Waals surface area contributed by atoms with Crippen molar-refractivity contribution >= 4 is 23.4 Å². The smallest absolute Gasteiger partial charge is 0.337 e. The number of hydrogen-bond donors (Lipinski definition) is 0. The Kier molecular flexibility index (Phi) is 9.18. The summed E-state index contributed by atoms with van der Waals surface area (Å²) in [6.45, 7) is 0.615. The van der Waals surface area contributed by atoms with Crippen LogP contribution in [0.5, 0.6) is 5.75 Å². The van der Waals surface area contributed by atoms with Gasteiger partial charge in [-0.05, 0) is 55.2 Å². The molecule has 4 rings (SSSR count). The SMILES string of the molecule is COC(=O)c1ccc(CC(=O)C(CC2CCCCO2)n2cc(OC)c(-c3cc(Cl)ccc3C#N)cc2=O)cc1. The molecule has 0 amide bonds. The van der Waals surface area contributed by atoms with Gasteiger partial charge in [0.05, 0.1) is 49.8 Å². The molecular weight excluding hydrogens is 520 g/mol. The molecule has 9 heteroatoms. The van der Waals surface area contributed by atoms with Crippen molar-refractivity contribution in [2.75, 3.05) is 20.8 Å². The van der Waals surface area contributed by atoms with E-state index in [0.717, 1.165) is 19.3 Å². The molecule has 0 bridgehead atoms. The maximum atomic E-state index is 13.7. The summed E-state index contributed by atoms with van der Waals surface area (Å²) < 4.78 is 17.7. The number of ether oxygens (including phenoxy) is 3. The van der Waals surface area contributed by atoms with Crippen molar-refractivity contribution in [2.45, 2.75) is 44.2 Å². The zero-order valence-electron chi connectivity index (χ0n) is 21.8. The van der Waals surface area contributed by atoms with E-state index < -0.39 is 17.6 Å². The monoisotopic (exact) mass is 548 g/mol. The highest BCUT2D eigenvalue weighted by molar-refractivity contribution is 6.31. The van der Waals surface area contributed by atoms with E-state index in [9.17, 15) is 19.6 Å². The fourth-order valence-electron chi connectivity index (χ4n) is 4.82. The van der Waals surface area contributed by atoms with Crippen LogP contribution in [0.4, 0.5) is 0 Å². The summed E-state index contributed by atoms with van der Waals surface area (Å²) in [5.41, 5.74) is 1.90. The quantitative estimate of drug-likeness (QED) is 0.340. The average Bonchev–Trinajstić information content (AvgIpc) is 2.96. The molecule has 1 fully saturated rings. The first kappa shape index (κ1) is 28.1. The van der Waals surface area contributed by atoms with Crippen LogP contribution in [0.3, 0.4) is 0 Å². The lowest BCUT2D eigenvalue weighted by atomic mass is 9.94. The summed E-state index contributed by atoms with van der Waals surface area (Å²) in [5.74, 6) is -0.302. The summed E-state index contributed by atoms with van der Waals surface area (Å²) in [5, 5.41) is 10.0. The molecule has 1 aliphatic heterocycles. The van der Waals surface area contributed by atoms with Gasteiger partial charge in [0.1, 0.15) is 5.75 Å². The Balaban J connectivity index is 1.72. The molecule has 1 aliphatic rings. The molecule has 0 saturated carbocycles. The molecule has 0 aliphatic carbocycles. The third-order valence-electron chi connectivity index (χ3n) is 6.88. The van der Waals surface area contributed by atoms with Crippen LogP contribution in [0.1, 0.15) is 53.2 Å². The molecule has 2 atom stereocenters.